The van der Waals surface area contributed by atoms with Crippen molar-refractivity contribution >= 4 is 22.9 Å². The van der Waals surface area contributed by atoms with Crippen LogP contribution in [0, 0.1) is 0 Å². The Balaban J connectivity index is 1.13. The maximum Gasteiger partial charge on any atom is 0.416 e. The molecule has 1 amide bonds. The minimum Gasteiger partial charge on any atom is -0.322 e. The van der Waals surface area contributed by atoms with Gasteiger partial charge in [-0.25, -0.2) is 0 Å². The number of likely N-dealkylation sites (N-methyl/N-ethyl adjacent to an activating group) is 1. The lowest BCUT2D eigenvalue weighted by Gasteiger charge is -2.27. The summed E-state index contributed by atoms with van der Waals surface area (Å²) in [6.07, 6.45) is 4.64. The highest BCUT2D eigenvalue weighted by molar-refractivity contribution is 7.10. The highest BCUT2D eigenvalue weighted by Crippen LogP contribution is 2.34. The lowest BCUT2D eigenvalue weighted by atomic mass is 10.0. The molecule has 0 radical (unpaired) electrons. The molecular formula is C32H36F3N7OS. The fraction of sp³-hybridized carbons (Fsp3) is 0.406. The van der Waals surface area contributed by atoms with E-state index in [1.807, 2.05) is 51.3 Å². The molecule has 232 valence electrons. The number of fused-ring (bicyclic) bond motifs is 1. The summed E-state index contributed by atoms with van der Waals surface area (Å²) in [5.74, 6) is -0.372. The van der Waals surface area contributed by atoms with E-state index in [4.69, 9.17) is 0 Å². The molecule has 0 aliphatic carbocycles. The van der Waals surface area contributed by atoms with Crippen LogP contribution in [0.25, 0.3) is 11.1 Å². The lowest BCUT2D eigenvalue weighted by molar-refractivity contribution is -0.137. The van der Waals surface area contributed by atoms with E-state index in [0.717, 1.165) is 65.8 Å². The zero-order valence-electron chi connectivity index (χ0n) is 25.1. The molecule has 4 aromatic rings. The maximum absolute atomic E-state index is 13.8. The number of amides is 1. The first-order valence-corrected chi connectivity index (χ1v) is 15.6. The molecule has 1 N–H and O–H groups in total. The van der Waals surface area contributed by atoms with Crippen LogP contribution in [0.15, 0.2) is 54.4 Å². The van der Waals surface area contributed by atoms with Gasteiger partial charge >= 0.3 is 6.18 Å². The Morgan fingerprint density at radius 2 is 1.86 bits per heavy atom. The fourth-order valence-electron chi connectivity index (χ4n) is 6.12. The second kappa shape index (κ2) is 12.4. The Labute approximate surface area is 259 Å². The van der Waals surface area contributed by atoms with Crippen LogP contribution < -0.4 is 5.32 Å². The van der Waals surface area contributed by atoms with E-state index in [1.165, 1.54) is 17.4 Å². The van der Waals surface area contributed by atoms with Crippen molar-refractivity contribution in [3.05, 3.63) is 87.1 Å². The number of pyridine rings is 1. The van der Waals surface area contributed by atoms with Crippen LogP contribution in [0.3, 0.4) is 0 Å². The van der Waals surface area contributed by atoms with Gasteiger partial charge in [-0.05, 0) is 67.9 Å². The number of halogens is 3. The monoisotopic (exact) mass is 623 g/mol. The van der Waals surface area contributed by atoms with Crippen molar-refractivity contribution in [1.82, 2.24) is 29.5 Å². The van der Waals surface area contributed by atoms with E-state index < -0.39 is 11.7 Å². The normalized spacial score (nSPS) is 17.8. The van der Waals surface area contributed by atoms with Gasteiger partial charge in [0, 0.05) is 98.0 Å². The third-order valence-electron chi connectivity index (χ3n) is 8.47. The van der Waals surface area contributed by atoms with Crippen molar-refractivity contribution in [2.75, 3.05) is 39.0 Å². The summed E-state index contributed by atoms with van der Waals surface area (Å²) in [5, 5.41) is 8.86. The number of aromatic nitrogens is 3. The number of rotatable bonds is 8. The first-order chi connectivity index (χ1) is 21.0. The van der Waals surface area contributed by atoms with Crippen LogP contribution in [-0.2, 0) is 39.3 Å². The number of hydrogen-bond acceptors (Lipinski definition) is 7. The molecule has 0 bridgehead atoms. The summed E-state index contributed by atoms with van der Waals surface area (Å²) in [6, 6.07) is 6.41. The zero-order chi connectivity index (χ0) is 31.0. The van der Waals surface area contributed by atoms with E-state index >= 15 is 0 Å². The van der Waals surface area contributed by atoms with Crippen molar-refractivity contribution < 1.29 is 18.0 Å². The second-order valence-electron chi connectivity index (χ2n) is 12.0. The summed E-state index contributed by atoms with van der Waals surface area (Å²) in [6.45, 7) is 4.21. The molecule has 12 heteroatoms. The highest BCUT2D eigenvalue weighted by Gasteiger charge is 2.32. The number of carbonyl (C=O) groups excluding carboxylic acids is 1. The SMILES string of the molecule is CN(C)C1CCN(Cc2cc(NC(=O)c3csc4c3CCN(Cc3cncc(-c5cnn(C)c5)c3)C4)cc(C(F)(F)F)c2)C1. The Morgan fingerprint density at radius 3 is 2.59 bits per heavy atom. The fourth-order valence-corrected chi connectivity index (χ4v) is 7.24. The molecule has 44 heavy (non-hydrogen) atoms. The zero-order valence-corrected chi connectivity index (χ0v) is 25.9. The molecule has 0 spiro atoms. The number of benzene rings is 1. The molecule has 1 fully saturated rings. The van der Waals surface area contributed by atoms with E-state index in [-0.39, 0.29) is 11.6 Å². The summed E-state index contributed by atoms with van der Waals surface area (Å²) in [4.78, 5) is 25.6. The predicted molar refractivity (Wildman–Crippen MR) is 165 cm³/mol. The minimum absolute atomic E-state index is 0.168. The number of thiophene rings is 1. The average Bonchev–Trinajstić information content (AvgIpc) is 3.72. The first kappa shape index (κ1) is 30.4. The van der Waals surface area contributed by atoms with E-state index in [9.17, 15) is 18.0 Å². The second-order valence-corrected chi connectivity index (χ2v) is 13.0. The van der Waals surface area contributed by atoms with Crippen LogP contribution in [0.4, 0.5) is 18.9 Å². The van der Waals surface area contributed by atoms with Crippen LogP contribution in [-0.4, -0.2) is 75.1 Å². The molecule has 2 aliphatic heterocycles. The average molecular weight is 624 g/mol. The van der Waals surface area contributed by atoms with Crippen molar-refractivity contribution in [1.29, 1.82) is 0 Å². The van der Waals surface area contributed by atoms with Gasteiger partial charge in [-0.2, -0.15) is 18.3 Å². The molecule has 5 heterocycles. The molecule has 6 rings (SSSR count). The van der Waals surface area contributed by atoms with Gasteiger partial charge in [0.05, 0.1) is 17.3 Å². The predicted octanol–water partition coefficient (Wildman–Crippen LogP) is 5.51. The van der Waals surface area contributed by atoms with Gasteiger partial charge in [0.15, 0.2) is 0 Å². The topological polar surface area (TPSA) is 69.5 Å². The smallest absolute Gasteiger partial charge is 0.322 e. The minimum atomic E-state index is -4.51. The molecule has 1 atom stereocenters. The molecular weight excluding hydrogens is 587 g/mol. The van der Waals surface area contributed by atoms with Crippen molar-refractivity contribution in [3.63, 3.8) is 0 Å². The van der Waals surface area contributed by atoms with Gasteiger partial charge < -0.3 is 10.2 Å². The molecule has 8 nitrogen and oxygen atoms in total. The maximum atomic E-state index is 13.8. The number of anilines is 1. The summed E-state index contributed by atoms with van der Waals surface area (Å²) in [7, 11) is 5.93. The number of likely N-dealkylation sites (tertiary alicyclic amines) is 1. The third-order valence-corrected chi connectivity index (χ3v) is 9.49. The summed E-state index contributed by atoms with van der Waals surface area (Å²) >= 11 is 1.52. The Bertz CT molecular complexity index is 1650. The number of nitrogens with zero attached hydrogens (tertiary/aromatic N) is 6. The number of alkyl halides is 3. The highest BCUT2D eigenvalue weighted by atomic mass is 32.1. The number of hydrogen-bond donors (Lipinski definition) is 1. The van der Waals surface area contributed by atoms with E-state index in [1.54, 1.807) is 10.7 Å². The first-order valence-electron chi connectivity index (χ1n) is 14.7. The Morgan fingerprint density at radius 1 is 1.05 bits per heavy atom. The molecule has 1 saturated heterocycles. The van der Waals surface area contributed by atoms with E-state index in [0.29, 0.717) is 36.7 Å². The quantitative estimate of drug-likeness (QED) is 0.279. The van der Waals surface area contributed by atoms with Gasteiger partial charge in [0.2, 0.25) is 0 Å². The number of aryl methyl sites for hydroxylation is 1. The lowest BCUT2D eigenvalue weighted by Crippen LogP contribution is -2.31. The molecule has 1 unspecified atom stereocenters. The Kier molecular flexibility index (Phi) is 8.60. The van der Waals surface area contributed by atoms with Crippen LogP contribution in [0.5, 0.6) is 0 Å². The molecule has 1 aromatic carbocycles. The number of nitrogens with one attached hydrogen (secondary N) is 1. The largest absolute Gasteiger partial charge is 0.416 e. The molecule has 3 aromatic heterocycles. The summed E-state index contributed by atoms with van der Waals surface area (Å²) < 4.78 is 43.2. The van der Waals surface area contributed by atoms with Gasteiger partial charge in [0.1, 0.15) is 0 Å². The standard InChI is InChI=1S/C32H36F3N7OS/c1-39(2)27-4-6-41(18-27)15-21-9-25(32(33,34)35)11-26(10-21)38-31(43)29-20-44-30-19-42(7-5-28(29)30)16-22-8-23(13-36-12-22)24-14-37-40(3)17-24/h8-14,17,20,27H,4-7,15-16,18-19H2,1-3H3,(H,38,43). The van der Waals surface area contributed by atoms with Crippen molar-refractivity contribution in [3.8, 4) is 11.1 Å². The van der Waals surface area contributed by atoms with Gasteiger partial charge in [-0.15, -0.1) is 11.3 Å². The Hall–Kier alpha value is -3.58. The van der Waals surface area contributed by atoms with Gasteiger partial charge in [-0.3, -0.25) is 24.3 Å². The number of carbonyl (C=O) groups is 1. The van der Waals surface area contributed by atoms with Crippen LogP contribution in [0.2, 0.25) is 0 Å². The molecule has 2 aliphatic rings. The van der Waals surface area contributed by atoms with Crippen LogP contribution >= 0.6 is 11.3 Å². The third kappa shape index (κ3) is 6.88. The summed E-state index contributed by atoms with van der Waals surface area (Å²) in [5.41, 5.74) is 4.59. The van der Waals surface area contributed by atoms with E-state index in [2.05, 4.69) is 36.2 Å². The molecule has 0 saturated carbocycles. The van der Waals surface area contributed by atoms with Crippen LogP contribution in [0.1, 0.15) is 43.9 Å². The van der Waals surface area contributed by atoms with Crippen molar-refractivity contribution in [2.45, 2.75) is 44.7 Å². The van der Waals surface area contributed by atoms with Gasteiger partial charge in [0.25, 0.3) is 5.91 Å². The van der Waals surface area contributed by atoms with Gasteiger partial charge in [-0.1, -0.05) is 0 Å². The van der Waals surface area contributed by atoms with Crippen molar-refractivity contribution in [2.24, 2.45) is 7.05 Å².